The highest BCUT2D eigenvalue weighted by Crippen LogP contribution is 2.34. The Kier molecular flexibility index (Phi) is 2.77. The molecule has 0 aromatic heterocycles. The van der Waals surface area contributed by atoms with Crippen molar-refractivity contribution in [2.45, 2.75) is 25.7 Å². The van der Waals surface area contributed by atoms with Gasteiger partial charge >= 0.3 is 0 Å². The van der Waals surface area contributed by atoms with Crippen LogP contribution >= 0.6 is 0 Å². The molecule has 0 heterocycles. The third-order valence-corrected chi connectivity index (χ3v) is 3.18. The van der Waals surface area contributed by atoms with Gasteiger partial charge in [0.15, 0.2) is 0 Å². The van der Waals surface area contributed by atoms with Gasteiger partial charge in [0.2, 0.25) is 0 Å². The Morgan fingerprint density at radius 2 is 1.80 bits per heavy atom. The van der Waals surface area contributed by atoms with Gasteiger partial charge in [0.25, 0.3) is 0 Å². The second-order valence-electron chi connectivity index (χ2n) is 4.51. The average molecular weight is 197 g/mol. The van der Waals surface area contributed by atoms with Crippen molar-refractivity contribution >= 4 is 0 Å². The molecule has 0 atom stereocenters. The van der Waals surface area contributed by atoms with Crippen molar-refractivity contribution in [2.75, 3.05) is 0 Å². The lowest BCUT2D eigenvalue weighted by Gasteiger charge is -2.29. The van der Waals surface area contributed by atoms with E-state index in [-0.39, 0.29) is 5.41 Å². The van der Waals surface area contributed by atoms with E-state index >= 15 is 0 Å². The molecule has 0 bridgehead atoms. The van der Waals surface area contributed by atoms with Crippen LogP contribution in [-0.2, 0) is 5.41 Å². The van der Waals surface area contributed by atoms with Crippen LogP contribution in [0, 0.1) is 6.42 Å². The van der Waals surface area contributed by atoms with Crippen LogP contribution in [0.5, 0.6) is 0 Å². The molecule has 15 heavy (non-hydrogen) atoms. The monoisotopic (exact) mass is 197 g/mol. The SMILES string of the molecule is CC(C)(C1=C[CH]C=CC1)c1ccccc1. The molecule has 0 saturated carbocycles. The molecular weight excluding hydrogens is 180 g/mol. The topological polar surface area (TPSA) is 0 Å². The van der Waals surface area contributed by atoms with Crippen molar-refractivity contribution in [3.63, 3.8) is 0 Å². The Morgan fingerprint density at radius 1 is 1.07 bits per heavy atom. The lowest BCUT2D eigenvalue weighted by Crippen LogP contribution is -2.20. The number of rotatable bonds is 2. The summed E-state index contributed by atoms with van der Waals surface area (Å²) < 4.78 is 0. The molecular formula is C15H17. The predicted molar refractivity (Wildman–Crippen MR) is 65.6 cm³/mol. The first kappa shape index (κ1) is 10.2. The fraction of sp³-hybridized carbons (Fsp3) is 0.267. The molecule has 1 radical (unpaired) electrons. The van der Waals surface area contributed by atoms with E-state index in [0.717, 1.165) is 6.42 Å². The van der Waals surface area contributed by atoms with E-state index in [2.05, 4.69) is 68.8 Å². The highest BCUT2D eigenvalue weighted by molar-refractivity contribution is 5.39. The number of hydrogen-bond donors (Lipinski definition) is 0. The highest BCUT2D eigenvalue weighted by atomic mass is 14.3. The molecule has 0 N–H and O–H groups in total. The first-order valence-corrected chi connectivity index (χ1v) is 5.46. The van der Waals surface area contributed by atoms with Crippen molar-refractivity contribution in [3.05, 3.63) is 66.1 Å². The molecule has 2 rings (SSSR count). The third-order valence-electron chi connectivity index (χ3n) is 3.18. The maximum atomic E-state index is 2.29. The average Bonchev–Trinajstić information content (AvgIpc) is 2.31. The third kappa shape index (κ3) is 2.04. The van der Waals surface area contributed by atoms with Gasteiger partial charge in [-0.25, -0.2) is 0 Å². The zero-order valence-corrected chi connectivity index (χ0v) is 9.40. The lowest BCUT2D eigenvalue weighted by molar-refractivity contribution is 0.607. The van der Waals surface area contributed by atoms with E-state index in [1.54, 1.807) is 0 Å². The number of hydrogen-bond acceptors (Lipinski definition) is 0. The Hall–Kier alpha value is -1.30. The molecule has 0 fully saturated rings. The molecule has 0 saturated heterocycles. The van der Waals surface area contributed by atoms with Crippen LogP contribution in [0.3, 0.4) is 0 Å². The van der Waals surface area contributed by atoms with Crippen molar-refractivity contribution in [1.82, 2.24) is 0 Å². The van der Waals surface area contributed by atoms with Gasteiger partial charge in [-0.05, 0) is 12.0 Å². The van der Waals surface area contributed by atoms with Crippen molar-refractivity contribution in [1.29, 1.82) is 0 Å². The summed E-state index contributed by atoms with van der Waals surface area (Å²) in [6, 6.07) is 10.7. The molecule has 1 aromatic carbocycles. The predicted octanol–water partition coefficient (Wildman–Crippen LogP) is 4.05. The molecule has 77 valence electrons. The molecule has 0 heteroatoms. The van der Waals surface area contributed by atoms with E-state index < -0.39 is 0 Å². The fourth-order valence-electron chi connectivity index (χ4n) is 2.02. The largest absolute Gasteiger partial charge is 0.0838 e. The second-order valence-corrected chi connectivity index (χ2v) is 4.51. The van der Waals surface area contributed by atoms with Crippen molar-refractivity contribution < 1.29 is 0 Å². The maximum absolute atomic E-state index is 2.29. The van der Waals surface area contributed by atoms with Crippen molar-refractivity contribution in [2.24, 2.45) is 0 Å². The van der Waals surface area contributed by atoms with E-state index in [1.807, 2.05) is 0 Å². The van der Waals surface area contributed by atoms with Crippen LogP contribution in [0.1, 0.15) is 25.8 Å². The van der Waals surface area contributed by atoms with Crippen LogP contribution in [-0.4, -0.2) is 0 Å². The van der Waals surface area contributed by atoms with Crippen LogP contribution < -0.4 is 0 Å². The summed E-state index contributed by atoms with van der Waals surface area (Å²) in [5, 5.41) is 0. The van der Waals surface area contributed by atoms with Gasteiger partial charge in [-0.2, -0.15) is 0 Å². The van der Waals surface area contributed by atoms with E-state index in [1.165, 1.54) is 11.1 Å². The van der Waals surface area contributed by atoms with E-state index in [4.69, 9.17) is 0 Å². The first-order valence-electron chi connectivity index (χ1n) is 5.46. The summed E-state index contributed by atoms with van der Waals surface area (Å²) in [5.41, 5.74) is 3.01. The highest BCUT2D eigenvalue weighted by Gasteiger charge is 2.24. The number of benzene rings is 1. The molecule has 1 aliphatic carbocycles. The Morgan fingerprint density at radius 3 is 2.40 bits per heavy atom. The van der Waals surface area contributed by atoms with Gasteiger partial charge in [-0.3, -0.25) is 0 Å². The normalized spacial score (nSPS) is 16.3. The molecule has 0 aliphatic heterocycles. The lowest BCUT2D eigenvalue weighted by atomic mass is 9.75. The second kappa shape index (κ2) is 4.06. The molecule has 1 aromatic rings. The van der Waals surface area contributed by atoms with Gasteiger partial charge in [-0.15, -0.1) is 0 Å². The minimum Gasteiger partial charge on any atom is -0.0838 e. The van der Waals surface area contributed by atoms with Gasteiger partial charge < -0.3 is 0 Å². The van der Waals surface area contributed by atoms with Gasteiger partial charge in [-0.1, -0.05) is 68.0 Å². The molecule has 0 amide bonds. The summed E-state index contributed by atoms with van der Waals surface area (Å²) in [6.45, 7) is 4.59. The van der Waals surface area contributed by atoms with Crippen molar-refractivity contribution in [3.8, 4) is 0 Å². The first-order chi connectivity index (χ1) is 7.21. The smallest absolute Gasteiger partial charge is 0.0108 e. The molecule has 0 unspecified atom stereocenters. The zero-order valence-electron chi connectivity index (χ0n) is 9.40. The summed E-state index contributed by atoms with van der Waals surface area (Å²) in [5.74, 6) is 0. The van der Waals surface area contributed by atoms with E-state index in [9.17, 15) is 0 Å². The minimum absolute atomic E-state index is 0.141. The summed E-state index contributed by atoms with van der Waals surface area (Å²) in [7, 11) is 0. The van der Waals surface area contributed by atoms with Gasteiger partial charge in [0, 0.05) is 11.8 Å². The summed E-state index contributed by atoms with van der Waals surface area (Å²) >= 11 is 0. The van der Waals surface area contributed by atoms with Crippen LogP contribution in [0.2, 0.25) is 0 Å². The van der Waals surface area contributed by atoms with Crippen LogP contribution in [0.15, 0.2) is 54.1 Å². The Labute approximate surface area is 92.3 Å². The van der Waals surface area contributed by atoms with Gasteiger partial charge in [0.05, 0.1) is 0 Å². The van der Waals surface area contributed by atoms with Gasteiger partial charge in [0.1, 0.15) is 0 Å². The molecule has 1 aliphatic rings. The quantitative estimate of drug-likeness (QED) is 0.671. The number of allylic oxidation sites excluding steroid dienone is 4. The van der Waals surface area contributed by atoms with E-state index in [0.29, 0.717) is 0 Å². The Balaban J connectivity index is 2.30. The Bertz CT molecular complexity index is 380. The van der Waals surface area contributed by atoms with Crippen LogP contribution in [0.4, 0.5) is 0 Å². The fourth-order valence-corrected chi connectivity index (χ4v) is 2.02. The summed E-state index contributed by atoms with van der Waals surface area (Å²) in [4.78, 5) is 0. The maximum Gasteiger partial charge on any atom is 0.0108 e. The standard InChI is InChI=1S/C15H17/c1-15(2,13-9-5-3-6-10-13)14-11-7-4-8-12-14/h3-11H,12H2,1-2H3. The molecule has 0 spiro atoms. The minimum atomic E-state index is 0.141. The zero-order chi connectivity index (χ0) is 10.7. The molecule has 0 nitrogen and oxygen atoms in total. The van der Waals surface area contributed by atoms with Crippen LogP contribution in [0.25, 0.3) is 0 Å². The summed E-state index contributed by atoms with van der Waals surface area (Å²) in [6.07, 6.45) is 9.78.